The first-order valence-corrected chi connectivity index (χ1v) is 5.94. The molecule has 0 amide bonds. The number of benzene rings is 1. The second-order valence-corrected chi connectivity index (χ2v) is 4.03. The number of carbonyl (C=O) groups is 1. The lowest BCUT2D eigenvalue weighted by Gasteiger charge is -2.12. The Morgan fingerprint density at radius 2 is 1.82 bits per heavy atom. The second kappa shape index (κ2) is 6.94. The van der Waals surface area contributed by atoms with Gasteiger partial charge in [-0.05, 0) is 44.0 Å². The Kier molecular flexibility index (Phi) is 5.53. The summed E-state index contributed by atoms with van der Waals surface area (Å²) >= 11 is 0. The molecule has 0 saturated heterocycles. The highest BCUT2D eigenvalue weighted by Crippen LogP contribution is 2.18. The molecule has 0 fully saturated rings. The van der Waals surface area contributed by atoms with E-state index in [1.54, 1.807) is 14.0 Å². The van der Waals surface area contributed by atoms with Crippen LogP contribution in [-0.4, -0.2) is 19.5 Å². The van der Waals surface area contributed by atoms with Gasteiger partial charge in [0.1, 0.15) is 17.3 Å². The summed E-state index contributed by atoms with van der Waals surface area (Å²) in [5.74, 6) is 1.98. The number of methoxy groups -OCH3 is 1. The van der Waals surface area contributed by atoms with Gasteiger partial charge in [-0.25, -0.2) is 0 Å². The smallest absolute Gasteiger partial charge is 0.133 e. The van der Waals surface area contributed by atoms with E-state index in [2.05, 4.69) is 0 Å². The van der Waals surface area contributed by atoms with Crippen LogP contribution in [0.2, 0.25) is 0 Å². The molecule has 0 bridgehead atoms. The minimum absolute atomic E-state index is 0.119. The zero-order valence-electron chi connectivity index (χ0n) is 10.7. The molecule has 1 aromatic rings. The van der Waals surface area contributed by atoms with Gasteiger partial charge >= 0.3 is 0 Å². The lowest BCUT2D eigenvalue weighted by Crippen LogP contribution is -2.13. The van der Waals surface area contributed by atoms with Crippen molar-refractivity contribution >= 4 is 5.78 Å². The number of Topliss-reactive ketones (excluding diaryl/α,β-unsaturated/α-hetero) is 1. The summed E-state index contributed by atoms with van der Waals surface area (Å²) < 4.78 is 10.6. The minimum Gasteiger partial charge on any atom is -0.497 e. The normalized spacial score (nSPS) is 11.9. The van der Waals surface area contributed by atoms with Crippen molar-refractivity contribution in [2.45, 2.75) is 26.7 Å². The summed E-state index contributed by atoms with van der Waals surface area (Å²) in [7, 11) is 1.63. The molecule has 0 aliphatic rings. The predicted molar refractivity (Wildman–Crippen MR) is 67.6 cm³/mol. The van der Waals surface area contributed by atoms with E-state index in [0.29, 0.717) is 6.61 Å². The molecule has 17 heavy (non-hydrogen) atoms. The maximum absolute atomic E-state index is 11.2. The van der Waals surface area contributed by atoms with E-state index in [4.69, 9.17) is 9.47 Å². The lowest BCUT2D eigenvalue weighted by molar-refractivity contribution is -0.121. The van der Waals surface area contributed by atoms with E-state index in [1.807, 2.05) is 31.2 Å². The molecule has 0 aliphatic heterocycles. The van der Waals surface area contributed by atoms with E-state index < -0.39 is 0 Å². The number of carbonyl (C=O) groups excluding carboxylic acids is 1. The average molecular weight is 236 g/mol. The summed E-state index contributed by atoms with van der Waals surface area (Å²) in [4.78, 5) is 11.2. The maximum Gasteiger partial charge on any atom is 0.133 e. The first-order chi connectivity index (χ1) is 8.17. The van der Waals surface area contributed by atoms with Gasteiger partial charge < -0.3 is 9.47 Å². The molecule has 1 aromatic carbocycles. The van der Waals surface area contributed by atoms with Crippen LogP contribution in [0.25, 0.3) is 0 Å². The Hall–Kier alpha value is -1.51. The molecule has 0 radical (unpaired) electrons. The fourth-order valence-electron chi connectivity index (χ4n) is 1.69. The zero-order chi connectivity index (χ0) is 12.7. The zero-order valence-corrected chi connectivity index (χ0v) is 10.7. The molecule has 0 aliphatic carbocycles. The van der Waals surface area contributed by atoms with E-state index in [0.717, 1.165) is 24.3 Å². The summed E-state index contributed by atoms with van der Waals surface area (Å²) in [6.45, 7) is 4.24. The van der Waals surface area contributed by atoms with Gasteiger partial charge in [0.05, 0.1) is 13.7 Å². The van der Waals surface area contributed by atoms with Crippen molar-refractivity contribution in [1.29, 1.82) is 0 Å². The van der Waals surface area contributed by atoms with Gasteiger partial charge in [-0.15, -0.1) is 0 Å². The highest BCUT2D eigenvalue weighted by atomic mass is 16.5. The van der Waals surface area contributed by atoms with E-state index >= 15 is 0 Å². The topological polar surface area (TPSA) is 35.5 Å². The molecular formula is C14H20O3. The summed E-state index contributed by atoms with van der Waals surface area (Å²) in [5, 5.41) is 0. The summed E-state index contributed by atoms with van der Waals surface area (Å²) in [6, 6.07) is 7.45. The fourth-order valence-corrected chi connectivity index (χ4v) is 1.69. The average Bonchev–Trinajstić information content (AvgIpc) is 2.35. The molecule has 1 unspecified atom stereocenters. The van der Waals surface area contributed by atoms with Gasteiger partial charge in [0.2, 0.25) is 0 Å². The van der Waals surface area contributed by atoms with E-state index in [1.165, 1.54) is 0 Å². The number of rotatable bonds is 7. The third-order valence-corrected chi connectivity index (χ3v) is 2.86. The van der Waals surface area contributed by atoms with Crippen LogP contribution in [0, 0.1) is 5.92 Å². The van der Waals surface area contributed by atoms with Crippen LogP contribution in [0.4, 0.5) is 0 Å². The largest absolute Gasteiger partial charge is 0.497 e. The van der Waals surface area contributed by atoms with Crippen molar-refractivity contribution in [2.24, 2.45) is 5.92 Å². The van der Waals surface area contributed by atoms with Crippen molar-refractivity contribution in [3.05, 3.63) is 24.3 Å². The maximum atomic E-state index is 11.2. The molecule has 0 heterocycles. The monoisotopic (exact) mass is 236 g/mol. The van der Waals surface area contributed by atoms with Crippen LogP contribution >= 0.6 is 0 Å². The Labute approximate surface area is 103 Å². The molecular weight excluding hydrogens is 216 g/mol. The fraction of sp³-hybridized carbons (Fsp3) is 0.500. The van der Waals surface area contributed by atoms with Crippen LogP contribution in [0.3, 0.4) is 0 Å². The molecule has 3 nitrogen and oxygen atoms in total. The molecule has 0 saturated carbocycles. The van der Waals surface area contributed by atoms with Crippen LogP contribution in [0.1, 0.15) is 26.7 Å². The van der Waals surface area contributed by atoms with Gasteiger partial charge in [0, 0.05) is 5.92 Å². The molecule has 0 N–H and O–H groups in total. The van der Waals surface area contributed by atoms with Crippen LogP contribution < -0.4 is 9.47 Å². The van der Waals surface area contributed by atoms with Crippen molar-refractivity contribution in [3.63, 3.8) is 0 Å². The van der Waals surface area contributed by atoms with Gasteiger partial charge in [-0.3, -0.25) is 4.79 Å². The SMILES string of the molecule is CCC(CCOc1ccc(OC)cc1)C(C)=O. The standard InChI is InChI=1S/C14H20O3/c1-4-12(11(2)15)9-10-17-14-7-5-13(16-3)6-8-14/h5-8,12H,4,9-10H2,1-3H3. The Morgan fingerprint density at radius 3 is 2.29 bits per heavy atom. The van der Waals surface area contributed by atoms with Crippen molar-refractivity contribution in [1.82, 2.24) is 0 Å². The van der Waals surface area contributed by atoms with Crippen LogP contribution in [0.15, 0.2) is 24.3 Å². The van der Waals surface area contributed by atoms with Gasteiger partial charge in [-0.1, -0.05) is 6.92 Å². The number of ether oxygens (including phenoxy) is 2. The molecule has 0 spiro atoms. The van der Waals surface area contributed by atoms with Crippen molar-refractivity contribution in [2.75, 3.05) is 13.7 Å². The number of hydrogen-bond acceptors (Lipinski definition) is 3. The van der Waals surface area contributed by atoms with Crippen LogP contribution in [-0.2, 0) is 4.79 Å². The van der Waals surface area contributed by atoms with Gasteiger partial charge in [-0.2, -0.15) is 0 Å². The van der Waals surface area contributed by atoms with Crippen molar-refractivity contribution < 1.29 is 14.3 Å². The van der Waals surface area contributed by atoms with E-state index in [-0.39, 0.29) is 11.7 Å². The summed E-state index contributed by atoms with van der Waals surface area (Å²) in [5.41, 5.74) is 0. The first kappa shape index (κ1) is 13.6. The molecule has 3 heteroatoms. The summed E-state index contributed by atoms with van der Waals surface area (Å²) in [6.07, 6.45) is 1.65. The Morgan fingerprint density at radius 1 is 1.24 bits per heavy atom. The molecule has 1 atom stereocenters. The predicted octanol–water partition coefficient (Wildman–Crippen LogP) is 3.08. The number of hydrogen-bond donors (Lipinski definition) is 0. The lowest BCUT2D eigenvalue weighted by atomic mass is 9.99. The third kappa shape index (κ3) is 4.47. The highest BCUT2D eigenvalue weighted by Gasteiger charge is 2.11. The highest BCUT2D eigenvalue weighted by molar-refractivity contribution is 5.78. The molecule has 94 valence electrons. The first-order valence-electron chi connectivity index (χ1n) is 5.94. The molecule has 0 aromatic heterocycles. The Bertz CT molecular complexity index is 343. The Balaban J connectivity index is 2.37. The third-order valence-electron chi connectivity index (χ3n) is 2.86. The van der Waals surface area contributed by atoms with Gasteiger partial charge in [0.15, 0.2) is 0 Å². The molecule has 1 rings (SSSR count). The minimum atomic E-state index is 0.119. The van der Waals surface area contributed by atoms with E-state index in [9.17, 15) is 4.79 Å². The number of ketones is 1. The van der Waals surface area contributed by atoms with Crippen molar-refractivity contribution in [3.8, 4) is 11.5 Å². The quantitative estimate of drug-likeness (QED) is 0.729. The van der Waals surface area contributed by atoms with Crippen LogP contribution in [0.5, 0.6) is 11.5 Å². The van der Waals surface area contributed by atoms with Gasteiger partial charge in [0.25, 0.3) is 0 Å². The second-order valence-electron chi connectivity index (χ2n) is 4.03.